The Balaban J connectivity index is 1.46. The van der Waals surface area contributed by atoms with Gasteiger partial charge in [-0.05, 0) is 56.4 Å². The summed E-state index contributed by atoms with van der Waals surface area (Å²) in [7, 11) is 0. The zero-order valence-corrected chi connectivity index (χ0v) is 25.6. The molecule has 0 unspecified atom stereocenters. The van der Waals surface area contributed by atoms with Crippen LogP contribution < -0.4 is 0 Å². The van der Waals surface area contributed by atoms with Crippen LogP contribution in [0.15, 0.2) is 140 Å². The molecule has 9 aromatic rings. The summed E-state index contributed by atoms with van der Waals surface area (Å²) in [6, 6.07) is 50.2. The van der Waals surface area contributed by atoms with E-state index in [9.17, 15) is 0 Å². The van der Waals surface area contributed by atoms with Crippen molar-refractivity contribution in [2.45, 2.75) is 19.3 Å². The highest BCUT2D eigenvalue weighted by molar-refractivity contribution is 6.30. The largest absolute Gasteiger partial charge is 0.278 e. The molecule has 7 aromatic carbocycles. The number of aromatic nitrogens is 3. The van der Waals surface area contributed by atoms with Crippen LogP contribution in [0.3, 0.4) is 0 Å². The minimum atomic E-state index is -0.122. The van der Waals surface area contributed by atoms with E-state index in [-0.39, 0.29) is 5.41 Å². The molecule has 216 valence electrons. The zero-order valence-electron chi connectivity index (χ0n) is 25.6. The lowest BCUT2D eigenvalue weighted by Crippen LogP contribution is -2.23. The van der Waals surface area contributed by atoms with Crippen LogP contribution in [0.2, 0.25) is 0 Å². The Labute approximate surface area is 266 Å². The van der Waals surface area contributed by atoms with Crippen molar-refractivity contribution in [2.24, 2.45) is 0 Å². The van der Waals surface area contributed by atoms with E-state index in [1.54, 1.807) is 0 Å². The molecule has 0 saturated carbocycles. The van der Waals surface area contributed by atoms with Crippen molar-refractivity contribution in [1.82, 2.24) is 14.5 Å². The number of fused-ring (bicyclic) bond motifs is 9. The zero-order chi connectivity index (χ0) is 30.6. The summed E-state index contributed by atoms with van der Waals surface area (Å²) in [5, 5.41) is 8.59. The lowest BCUT2D eigenvalue weighted by molar-refractivity contribution is 0.645. The number of para-hydroxylation sites is 1. The van der Waals surface area contributed by atoms with Crippen molar-refractivity contribution in [3.8, 4) is 28.3 Å². The lowest BCUT2D eigenvalue weighted by atomic mass is 9.68. The second-order valence-electron chi connectivity index (χ2n) is 13.0. The standard InChI is InChI=1S/C43H29N3/c1-43(2)32-20-10-8-18-30(32)39-37-28(16-12-21-33(37)43)25-36-40(39)38-29-17-7-6-13-26(29)23-24-35(38)46(36)42-44-34-22-11-9-19-31(34)41(45-42)27-14-4-3-5-15-27/h3-25H,1-2H3. The predicted molar refractivity (Wildman–Crippen MR) is 192 cm³/mol. The Kier molecular flexibility index (Phi) is 5.06. The third kappa shape index (κ3) is 3.32. The van der Waals surface area contributed by atoms with Crippen LogP contribution in [-0.2, 0) is 5.41 Å². The fourth-order valence-corrected chi connectivity index (χ4v) is 8.09. The first kappa shape index (κ1) is 25.5. The van der Waals surface area contributed by atoms with Crippen molar-refractivity contribution in [1.29, 1.82) is 0 Å². The maximum atomic E-state index is 5.38. The van der Waals surface area contributed by atoms with Crippen LogP contribution in [0, 0.1) is 0 Å². The second kappa shape index (κ2) is 9.12. The first-order chi connectivity index (χ1) is 22.6. The first-order valence-corrected chi connectivity index (χ1v) is 15.9. The Morgan fingerprint density at radius 1 is 0.522 bits per heavy atom. The van der Waals surface area contributed by atoms with Gasteiger partial charge < -0.3 is 0 Å². The summed E-state index contributed by atoms with van der Waals surface area (Å²) in [5.74, 6) is 0.681. The van der Waals surface area contributed by atoms with Crippen LogP contribution in [0.4, 0.5) is 0 Å². The van der Waals surface area contributed by atoms with E-state index in [0.717, 1.165) is 33.2 Å². The highest BCUT2D eigenvalue weighted by Crippen LogP contribution is 2.53. The Morgan fingerprint density at radius 2 is 1.24 bits per heavy atom. The van der Waals surface area contributed by atoms with Crippen LogP contribution in [0.1, 0.15) is 25.0 Å². The maximum Gasteiger partial charge on any atom is 0.235 e. The van der Waals surface area contributed by atoms with Gasteiger partial charge in [0.05, 0.1) is 22.2 Å². The Bertz CT molecular complexity index is 2720. The fourth-order valence-electron chi connectivity index (χ4n) is 8.09. The Hall–Kier alpha value is -5.80. The molecule has 2 heterocycles. The molecule has 46 heavy (non-hydrogen) atoms. The smallest absolute Gasteiger partial charge is 0.235 e. The third-order valence-electron chi connectivity index (χ3n) is 10.2. The quantitative estimate of drug-likeness (QED) is 0.201. The van der Waals surface area contributed by atoms with Gasteiger partial charge in [0.2, 0.25) is 5.95 Å². The molecule has 1 aliphatic rings. The van der Waals surface area contributed by atoms with Gasteiger partial charge in [0, 0.05) is 32.7 Å². The van der Waals surface area contributed by atoms with Crippen molar-refractivity contribution in [3.05, 3.63) is 151 Å². The van der Waals surface area contributed by atoms with E-state index in [0.29, 0.717) is 5.95 Å². The molecule has 0 N–H and O–H groups in total. The highest BCUT2D eigenvalue weighted by Gasteiger charge is 2.35. The monoisotopic (exact) mass is 587 g/mol. The lowest BCUT2D eigenvalue weighted by Gasteiger charge is -2.35. The van der Waals surface area contributed by atoms with E-state index >= 15 is 0 Å². The number of hydrogen-bond acceptors (Lipinski definition) is 2. The van der Waals surface area contributed by atoms with Gasteiger partial charge in [0.25, 0.3) is 0 Å². The summed E-state index contributed by atoms with van der Waals surface area (Å²) >= 11 is 0. The molecule has 2 aromatic heterocycles. The fraction of sp³-hybridized carbons (Fsp3) is 0.0698. The third-order valence-corrected chi connectivity index (χ3v) is 10.2. The second-order valence-corrected chi connectivity index (χ2v) is 13.0. The topological polar surface area (TPSA) is 30.7 Å². The number of nitrogens with zero attached hydrogens (tertiary/aromatic N) is 3. The molecular weight excluding hydrogens is 558 g/mol. The van der Waals surface area contributed by atoms with Crippen LogP contribution in [0.5, 0.6) is 0 Å². The van der Waals surface area contributed by atoms with Gasteiger partial charge in [-0.2, -0.15) is 0 Å². The summed E-state index contributed by atoms with van der Waals surface area (Å²) in [6.45, 7) is 4.72. The van der Waals surface area contributed by atoms with E-state index in [1.807, 2.05) is 0 Å². The molecule has 0 spiro atoms. The summed E-state index contributed by atoms with van der Waals surface area (Å²) in [5.41, 5.74) is 10.4. The summed E-state index contributed by atoms with van der Waals surface area (Å²) in [4.78, 5) is 10.7. The molecule has 3 heteroatoms. The van der Waals surface area contributed by atoms with Gasteiger partial charge in [-0.1, -0.05) is 135 Å². The maximum absolute atomic E-state index is 5.38. The van der Waals surface area contributed by atoms with Gasteiger partial charge in [0.15, 0.2) is 0 Å². The van der Waals surface area contributed by atoms with Crippen LogP contribution in [0.25, 0.3) is 82.6 Å². The molecule has 0 bridgehead atoms. The first-order valence-electron chi connectivity index (χ1n) is 15.9. The van der Waals surface area contributed by atoms with Gasteiger partial charge in [-0.3, -0.25) is 4.57 Å². The van der Waals surface area contributed by atoms with Gasteiger partial charge in [-0.15, -0.1) is 0 Å². The molecule has 10 rings (SSSR count). The average Bonchev–Trinajstić information content (AvgIpc) is 3.44. The number of hydrogen-bond donors (Lipinski definition) is 0. The van der Waals surface area contributed by atoms with Gasteiger partial charge in [-0.25, -0.2) is 9.97 Å². The molecule has 0 saturated heterocycles. The number of rotatable bonds is 2. The normalized spacial score (nSPS) is 13.6. The van der Waals surface area contributed by atoms with E-state index < -0.39 is 0 Å². The van der Waals surface area contributed by atoms with Crippen molar-refractivity contribution in [3.63, 3.8) is 0 Å². The molecule has 0 aliphatic heterocycles. The van der Waals surface area contributed by atoms with E-state index in [4.69, 9.17) is 9.97 Å². The molecule has 3 nitrogen and oxygen atoms in total. The van der Waals surface area contributed by atoms with Crippen LogP contribution >= 0.6 is 0 Å². The van der Waals surface area contributed by atoms with Crippen molar-refractivity contribution in [2.75, 3.05) is 0 Å². The minimum absolute atomic E-state index is 0.122. The molecule has 1 aliphatic carbocycles. The van der Waals surface area contributed by atoms with E-state index in [1.165, 1.54) is 54.6 Å². The summed E-state index contributed by atoms with van der Waals surface area (Å²) in [6.07, 6.45) is 0. The van der Waals surface area contributed by atoms with Gasteiger partial charge in [0.1, 0.15) is 0 Å². The molecular formula is C43H29N3. The van der Waals surface area contributed by atoms with Crippen LogP contribution in [-0.4, -0.2) is 14.5 Å². The SMILES string of the molecule is CC1(C)c2ccccc2-c2c3c1cccc3cc1c2c2c3ccccc3ccc2n1-c1nc(-c2ccccc2)c2ccccc2n1. The summed E-state index contributed by atoms with van der Waals surface area (Å²) < 4.78 is 2.31. The Morgan fingerprint density at radius 3 is 2.13 bits per heavy atom. The van der Waals surface area contributed by atoms with E-state index in [2.05, 4.69) is 158 Å². The molecule has 0 amide bonds. The molecule has 0 fully saturated rings. The average molecular weight is 588 g/mol. The molecule has 0 atom stereocenters. The minimum Gasteiger partial charge on any atom is -0.278 e. The highest BCUT2D eigenvalue weighted by atomic mass is 15.2. The predicted octanol–water partition coefficient (Wildman–Crippen LogP) is 11.0. The van der Waals surface area contributed by atoms with Crippen molar-refractivity contribution >= 4 is 54.3 Å². The van der Waals surface area contributed by atoms with Gasteiger partial charge >= 0.3 is 0 Å². The number of benzene rings is 7. The molecule has 0 radical (unpaired) electrons. The van der Waals surface area contributed by atoms with Crippen molar-refractivity contribution < 1.29 is 0 Å².